The molecule has 192 valence electrons. The molecule has 0 bridgehead atoms. The normalized spacial score (nSPS) is 14.3. The third kappa shape index (κ3) is 6.05. The summed E-state index contributed by atoms with van der Waals surface area (Å²) in [4.78, 5) is 34.5. The zero-order chi connectivity index (χ0) is 25.7. The molecule has 36 heavy (non-hydrogen) atoms. The lowest BCUT2D eigenvalue weighted by Gasteiger charge is -2.36. The Morgan fingerprint density at radius 3 is 2.39 bits per heavy atom. The zero-order valence-corrected chi connectivity index (χ0v) is 21.8. The number of rotatable bonds is 9. The van der Waals surface area contributed by atoms with Gasteiger partial charge in [0.25, 0.3) is 5.56 Å². The summed E-state index contributed by atoms with van der Waals surface area (Å²) in [5, 5.41) is 3.02. The van der Waals surface area contributed by atoms with Crippen LogP contribution in [-0.4, -0.2) is 66.7 Å². The topological polar surface area (TPSA) is 79.7 Å². The Hall–Kier alpha value is -3.39. The van der Waals surface area contributed by atoms with E-state index in [1.54, 1.807) is 18.6 Å². The van der Waals surface area contributed by atoms with Crippen molar-refractivity contribution < 1.29 is 9.53 Å². The third-order valence-corrected chi connectivity index (χ3v) is 7.07. The Bertz CT molecular complexity index is 1260. The van der Waals surface area contributed by atoms with E-state index in [-0.39, 0.29) is 17.9 Å². The smallest absolute Gasteiger partial charge is 0.272 e. The lowest BCUT2D eigenvalue weighted by Crippen LogP contribution is -2.47. The fourth-order valence-corrected chi connectivity index (χ4v) is 4.70. The largest absolute Gasteiger partial charge is 0.497 e. The molecule has 0 spiro atoms. The SMILES string of the molecule is COc1ccc(N2CCN(CCCNC(=O)CCn3c(=O)c(C)nc4cc(C)c(C)cc43)CC2)cc1. The number of methoxy groups -OCH3 is 1. The molecule has 1 aliphatic rings. The van der Waals surface area contributed by atoms with E-state index in [9.17, 15) is 9.59 Å². The molecule has 8 nitrogen and oxygen atoms in total. The molecule has 0 radical (unpaired) electrons. The first-order valence-electron chi connectivity index (χ1n) is 12.7. The van der Waals surface area contributed by atoms with Crippen LogP contribution >= 0.6 is 0 Å². The first-order chi connectivity index (χ1) is 17.4. The number of amides is 1. The number of nitrogens with zero attached hydrogens (tertiary/aromatic N) is 4. The Balaban J connectivity index is 1.20. The van der Waals surface area contributed by atoms with Gasteiger partial charge < -0.3 is 19.5 Å². The number of carbonyl (C=O) groups excluding carboxylic acids is 1. The van der Waals surface area contributed by atoms with Gasteiger partial charge in [0.1, 0.15) is 11.4 Å². The van der Waals surface area contributed by atoms with Crippen LogP contribution in [0.5, 0.6) is 5.75 Å². The predicted molar refractivity (Wildman–Crippen MR) is 144 cm³/mol. The molecular weight excluding hydrogens is 454 g/mol. The Kier molecular flexibility index (Phi) is 8.25. The molecule has 2 heterocycles. The van der Waals surface area contributed by atoms with Crippen LogP contribution in [0.3, 0.4) is 0 Å². The summed E-state index contributed by atoms with van der Waals surface area (Å²) in [5.41, 5.74) is 5.38. The van der Waals surface area contributed by atoms with Crippen LogP contribution in [-0.2, 0) is 11.3 Å². The highest BCUT2D eigenvalue weighted by Gasteiger charge is 2.17. The fraction of sp³-hybridized carbons (Fsp3) is 0.464. The van der Waals surface area contributed by atoms with Crippen molar-refractivity contribution in [2.75, 3.05) is 51.3 Å². The molecule has 1 saturated heterocycles. The van der Waals surface area contributed by atoms with Crippen molar-refractivity contribution >= 4 is 22.6 Å². The molecule has 1 fully saturated rings. The minimum absolute atomic E-state index is 0.0299. The quantitative estimate of drug-likeness (QED) is 0.464. The maximum absolute atomic E-state index is 12.7. The van der Waals surface area contributed by atoms with E-state index in [1.165, 1.54) is 5.69 Å². The molecule has 1 N–H and O–H groups in total. The standard InChI is InChI=1S/C28H37N5O3/c1-20-18-25-26(19-21(20)2)33(28(35)22(3)30-25)13-10-27(34)29-11-5-12-31-14-16-32(17-15-31)23-6-8-24(36-4)9-7-23/h6-9,18-19H,5,10-17H2,1-4H3,(H,29,34). The molecular formula is C28H37N5O3. The van der Waals surface area contributed by atoms with Crippen LogP contribution in [0, 0.1) is 20.8 Å². The van der Waals surface area contributed by atoms with Gasteiger partial charge in [0, 0.05) is 51.4 Å². The van der Waals surface area contributed by atoms with Crippen molar-refractivity contribution in [3.8, 4) is 5.75 Å². The van der Waals surface area contributed by atoms with Gasteiger partial charge in [-0.1, -0.05) is 0 Å². The monoisotopic (exact) mass is 491 g/mol. The van der Waals surface area contributed by atoms with E-state index in [2.05, 4.69) is 32.2 Å². The van der Waals surface area contributed by atoms with E-state index in [1.807, 2.05) is 38.1 Å². The van der Waals surface area contributed by atoms with Crippen molar-refractivity contribution in [3.63, 3.8) is 0 Å². The molecule has 0 atom stereocenters. The molecule has 1 aliphatic heterocycles. The van der Waals surface area contributed by atoms with Crippen molar-refractivity contribution in [2.24, 2.45) is 0 Å². The molecule has 4 rings (SSSR count). The van der Waals surface area contributed by atoms with E-state index in [4.69, 9.17) is 4.74 Å². The number of hydrogen-bond acceptors (Lipinski definition) is 6. The Morgan fingerprint density at radius 1 is 1.00 bits per heavy atom. The first kappa shape index (κ1) is 25.7. The molecule has 0 aliphatic carbocycles. The Labute approximate surface area is 212 Å². The lowest BCUT2D eigenvalue weighted by atomic mass is 10.1. The number of anilines is 1. The maximum Gasteiger partial charge on any atom is 0.272 e. The molecule has 8 heteroatoms. The minimum atomic E-state index is -0.132. The number of carbonyl (C=O) groups is 1. The van der Waals surface area contributed by atoms with E-state index >= 15 is 0 Å². The summed E-state index contributed by atoms with van der Waals surface area (Å²) in [6.45, 7) is 11.7. The van der Waals surface area contributed by atoms with Gasteiger partial charge in [0.2, 0.25) is 5.91 Å². The van der Waals surface area contributed by atoms with Gasteiger partial charge in [-0.15, -0.1) is 0 Å². The van der Waals surface area contributed by atoms with Crippen LogP contribution in [0.15, 0.2) is 41.2 Å². The summed E-state index contributed by atoms with van der Waals surface area (Å²) in [6, 6.07) is 12.2. The third-order valence-electron chi connectivity index (χ3n) is 7.07. The van der Waals surface area contributed by atoms with E-state index < -0.39 is 0 Å². The van der Waals surface area contributed by atoms with Crippen LogP contribution in [0.25, 0.3) is 11.0 Å². The second kappa shape index (κ2) is 11.6. The van der Waals surface area contributed by atoms with Gasteiger partial charge in [0.15, 0.2) is 0 Å². The number of hydrogen-bond donors (Lipinski definition) is 1. The van der Waals surface area contributed by atoms with Gasteiger partial charge in [-0.25, -0.2) is 4.98 Å². The molecule has 1 aromatic heterocycles. The van der Waals surface area contributed by atoms with Gasteiger partial charge >= 0.3 is 0 Å². The molecule has 0 saturated carbocycles. The average molecular weight is 492 g/mol. The highest BCUT2D eigenvalue weighted by atomic mass is 16.5. The molecule has 0 unspecified atom stereocenters. The van der Waals surface area contributed by atoms with Gasteiger partial charge in [-0.3, -0.25) is 14.5 Å². The Morgan fingerprint density at radius 2 is 1.69 bits per heavy atom. The first-order valence-corrected chi connectivity index (χ1v) is 12.7. The highest BCUT2D eigenvalue weighted by Crippen LogP contribution is 2.20. The van der Waals surface area contributed by atoms with Crippen molar-refractivity contribution in [2.45, 2.75) is 40.2 Å². The van der Waals surface area contributed by atoms with Gasteiger partial charge in [-0.2, -0.15) is 0 Å². The van der Waals surface area contributed by atoms with Crippen LogP contribution in [0.1, 0.15) is 29.7 Å². The van der Waals surface area contributed by atoms with Gasteiger partial charge in [0.05, 0.1) is 18.1 Å². The minimum Gasteiger partial charge on any atom is -0.497 e. The summed E-state index contributed by atoms with van der Waals surface area (Å²) in [7, 11) is 1.68. The van der Waals surface area contributed by atoms with E-state index in [0.29, 0.717) is 18.8 Å². The lowest BCUT2D eigenvalue weighted by molar-refractivity contribution is -0.121. The summed E-state index contributed by atoms with van der Waals surface area (Å²) < 4.78 is 6.93. The number of nitrogens with one attached hydrogen (secondary N) is 1. The van der Waals surface area contributed by atoms with E-state index in [0.717, 1.165) is 67.1 Å². The van der Waals surface area contributed by atoms with Crippen LogP contribution in [0.4, 0.5) is 5.69 Å². The number of benzene rings is 2. The molecule has 1 amide bonds. The highest BCUT2D eigenvalue weighted by molar-refractivity contribution is 5.78. The zero-order valence-electron chi connectivity index (χ0n) is 21.8. The summed E-state index contributed by atoms with van der Waals surface area (Å²) in [5.74, 6) is 0.846. The number of piperazine rings is 1. The van der Waals surface area contributed by atoms with Crippen molar-refractivity contribution in [1.29, 1.82) is 0 Å². The van der Waals surface area contributed by atoms with Gasteiger partial charge in [-0.05, 0) is 81.3 Å². The predicted octanol–water partition coefficient (Wildman–Crippen LogP) is 3.05. The number of fused-ring (bicyclic) bond motifs is 1. The fourth-order valence-electron chi connectivity index (χ4n) is 4.70. The number of aryl methyl sites for hydroxylation is 4. The molecule has 3 aromatic rings. The molecule has 2 aromatic carbocycles. The maximum atomic E-state index is 12.7. The number of aromatic nitrogens is 2. The summed E-state index contributed by atoms with van der Waals surface area (Å²) >= 11 is 0. The second-order valence-electron chi connectivity index (χ2n) is 9.56. The summed E-state index contributed by atoms with van der Waals surface area (Å²) in [6.07, 6.45) is 1.18. The van der Waals surface area contributed by atoms with Crippen molar-refractivity contribution in [1.82, 2.24) is 19.8 Å². The number of ether oxygens (including phenoxy) is 1. The van der Waals surface area contributed by atoms with Crippen LogP contribution in [0.2, 0.25) is 0 Å². The second-order valence-corrected chi connectivity index (χ2v) is 9.56. The average Bonchev–Trinajstić information content (AvgIpc) is 2.89. The van der Waals surface area contributed by atoms with Crippen molar-refractivity contribution in [3.05, 3.63) is 63.6 Å². The van der Waals surface area contributed by atoms with Crippen LogP contribution < -0.4 is 20.5 Å².